The largest absolute Gasteiger partial charge is 0.315 e. The zero-order valence-corrected chi connectivity index (χ0v) is 13.8. The van der Waals surface area contributed by atoms with Gasteiger partial charge in [0.25, 0.3) is 10.0 Å². The van der Waals surface area contributed by atoms with Crippen LogP contribution in [0.25, 0.3) is 0 Å². The third kappa shape index (κ3) is 4.27. The van der Waals surface area contributed by atoms with Crippen LogP contribution in [0.15, 0.2) is 16.3 Å². The van der Waals surface area contributed by atoms with Crippen LogP contribution in [0.2, 0.25) is 0 Å². The molecule has 0 radical (unpaired) electrons. The van der Waals surface area contributed by atoms with Crippen molar-refractivity contribution in [3.05, 3.63) is 17.0 Å². The Labute approximate surface area is 120 Å². The van der Waals surface area contributed by atoms with Gasteiger partial charge in [-0.05, 0) is 25.1 Å². The average Bonchev–Trinajstić information content (AvgIpc) is 2.85. The molecule has 1 unspecified atom stereocenters. The Morgan fingerprint density at radius 2 is 2.05 bits per heavy atom. The molecule has 0 amide bonds. The Kier molecular flexibility index (Phi) is 6.46. The molecule has 1 N–H and O–H groups in total. The summed E-state index contributed by atoms with van der Waals surface area (Å²) in [7, 11) is -1.47. The number of hydrogen-bond donors (Lipinski definition) is 1. The van der Waals surface area contributed by atoms with Gasteiger partial charge in [0.1, 0.15) is 4.21 Å². The highest BCUT2D eigenvalue weighted by Gasteiger charge is 2.25. The maximum Gasteiger partial charge on any atom is 0.252 e. The van der Waals surface area contributed by atoms with E-state index in [1.54, 1.807) is 10.4 Å². The van der Waals surface area contributed by atoms with E-state index in [0.717, 1.165) is 11.3 Å². The van der Waals surface area contributed by atoms with E-state index < -0.39 is 10.0 Å². The molecule has 4 nitrogen and oxygen atoms in total. The van der Waals surface area contributed by atoms with Gasteiger partial charge in [-0.2, -0.15) is 4.31 Å². The minimum atomic E-state index is -3.33. The van der Waals surface area contributed by atoms with Gasteiger partial charge in [-0.3, -0.25) is 0 Å². The van der Waals surface area contributed by atoms with Gasteiger partial charge in [0.2, 0.25) is 0 Å². The summed E-state index contributed by atoms with van der Waals surface area (Å²) in [5.41, 5.74) is 0. The number of hydrogen-bond acceptors (Lipinski definition) is 4. The molecule has 1 aromatic heterocycles. The van der Waals surface area contributed by atoms with E-state index in [0.29, 0.717) is 29.8 Å². The molecule has 0 aliphatic rings. The molecule has 19 heavy (non-hydrogen) atoms. The fourth-order valence-electron chi connectivity index (χ4n) is 1.77. The van der Waals surface area contributed by atoms with Gasteiger partial charge in [-0.1, -0.05) is 27.2 Å². The SMILES string of the molecule is CCC(C)CN(CC)S(=O)(=O)c1ccc(CNC)s1. The van der Waals surface area contributed by atoms with E-state index in [-0.39, 0.29) is 0 Å². The van der Waals surface area contributed by atoms with E-state index in [1.807, 2.05) is 20.0 Å². The predicted octanol–water partition coefficient (Wildman–Crippen LogP) is 2.52. The standard InChI is InChI=1S/C13H24N2O2S2/c1-5-11(3)10-15(6-2)19(16,17)13-8-7-12(18-13)9-14-4/h7-8,11,14H,5-6,9-10H2,1-4H3. The quantitative estimate of drug-likeness (QED) is 0.803. The molecule has 1 rings (SSSR count). The average molecular weight is 304 g/mol. The summed E-state index contributed by atoms with van der Waals surface area (Å²) >= 11 is 1.35. The summed E-state index contributed by atoms with van der Waals surface area (Å²) in [4.78, 5) is 1.04. The number of sulfonamides is 1. The van der Waals surface area contributed by atoms with Crippen molar-refractivity contribution in [3.8, 4) is 0 Å². The molecule has 1 aromatic rings. The van der Waals surface area contributed by atoms with Gasteiger partial charge >= 0.3 is 0 Å². The number of nitrogens with one attached hydrogen (secondary N) is 1. The van der Waals surface area contributed by atoms with E-state index in [4.69, 9.17) is 0 Å². The van der Waals surface area contributed by atoms with Crippen LogP contribution in [-0.4, -0.2) is 32.9 Å². The van der Waals surface area contributed by atoms with Crippen molar-refractivity contribution in [1.29, 1.82) is 0 Å². The summed E-state index contributed by atoms with van der Waals surface area (Å²) < 4.78 is 27.1. The highest BCUT2D eigenvalue weighted by molar-refractivity contribution is 7.91. The smallest absolute Gasteiger partial charge is 0.252 e. The Balaban J connectivity index is 2.92. The fourth-order valence-corrected chi connectivity index (χ4v) is 4.86. The molecular formula is C13H24N2O2S2. The predicted molar refractivity (Wildman–Crippen MR) is 81.0 cm³/mol. The van der Waals surface area contributed by atoms with Gasteiger partial charge in [0.05, 0.1) is 0 Å². The summed E-state index contributed by atoms with van der Waals surface area (Å²) in [6.45, 7) is 7.88. The van der Waals surface area contributed by atoms with E-state index in [9.17, 15) is 8.42 Å². The normalized spacial score (nSPS) is 13.9. The first-order valence-electron chi connectivity index (χ1n) is 6.69. The minimum absolute atomic E-state index is 0.381. The van der Waals surface area contributed by atoms with Gasteiger partial charge in [0, 0.05) is 24.5 Å². The molecule has 0 spiro atoms. The number of nitrogens with zero attached hydrogens (tertiary/aromatic N) is 1. The van der Waals surface area contributed by atoms with Crippen molar-refractivity contribution < 1.29 is 8.42 Å². The van der Waals surface area contributed by atoms with Crippen LogP contribution in [0, 0.1) is 5.92 Å². The number of thiophene rings is 1. The van der Waals surface area contributed by atoms with Gasteiger partial charge in [0.15, 0.2) is 0 Å². The first kappa shape index (κ1) is 16.6. The monoisotopic (exact) mass is 304 g/mol. The summed E-state index contributed by atoms with van der Waals surface area (Å²) in [6, 6.07) is 3.59. The fraction of sp³-hybridized carbons (Fsp3) is 0.692. The Morgan fingerprint density at radius 3 is 2.58 bits per heavy atom. The molecule has 0 aromatic carbocycles. The topological polar surface area (TPSA) is 49.4 Å². The van der Waals surface area contributed by atoms with Crippen molar-refractivity contribution in [2.24, 2.45) is 5.92 Å². The summed E-state index contributed by atoms with van der Waals surface area (Å²) in [5, 5.41) is 3.04. The molecule has 0 bridgehead atoms. The van der Waals surface area contributed by atoms with Crippen molar-refractivity contribution >= 4 is 21.4 Å². The van der Waals surface area contributed by atoms with Gasteiger partial charge in [-0.15, -0.1) is 11.3 Å². The lowest BCUT2D eigenvalue weighted by atomic mass is 10.1. The second-order valence-electron chi connectivity index (χ2n) is 4.72. The van der Waals surface area contributed by atoms with Gasteiger partial charge < -0.3 is 5.32 Å². The van der Waals surface area contributed by atoms with Crippen molar-refractivity contribution in [2.45, 2.75) is 37.9 Å². The van der Waals surface area contributed by atoms with Crippen LogP contribution in [0.5, 0.6) is 0 Å². The molecule has 0 saturated heterocycles. The molecule has 0 fully saturated rings. The maximum absolute atomic E-state index is 12.5. The Bertz CT molecular complexity index is 483. The molecule has 1 atom stereocenters. The molecule has 110 valence electrons. The first-order chi connectivity index (χ1) is 8.95. The third-order valence-electron chi connectivity index (χ3n) is 3.15. The van der Waals surface area contributed by atoms with Crippen LogP contribution in [0.1, 0.15) is 32.1 Å². The second kappa shape index (κ2) is 7.38. The molecule has 1 heterocycles. The molecule has 0 aliphatic carbocycles. The lowest BCUT2D eigenvalue weighted by Crippen LogP contribution is -2.34. The zero-order valence-electron chi connectivity index (χ0n) is 12.1. The number of rotatable bonds is 8. The minimum Gasteiger partial charge on any atom is -0.315 e. The third-order valence-corrected chi connectivity index (χ3v) is 6.64. The molecular weight excluding hydrogens is 280 g/mol. The van der Waals surface area contributed by atoms with Crippen LogP contribution in [-0.2, 0) is 16.6 Å². The highest BCUT2D eigenvalue weighted by atomic mass is 32.2. The van der Waals surface area contributed by atoms with E-state index >= 15 is 0 Å². The van der Waals surface area contributed by atoms with Gasteiger partial charge in [-0.25, -0.2) is 8.42 Å². The van der Waals surface area contributed by atoms with Crippen molar-refractivity contribution in [1.82, 2.24) is 9.62 Å². The van der Waals surface area contributed by atoms with E-state index in [2.05, 4.69) is 19.2 Å². The Morgan fingerprint density at radius 1 is 1.37 bits per heavy atom. The first-order valence-corrected chi connectivity index (χ1v) is 8.94. The summed E-state index contributed by atoms with van der Waals surface area (Å²) in [5.74, 6) is 0.381. The summed E-state index contributed by atoms with van der Waals surface area (Å²) in [6.07, 6.45) is 0.988. The highest BCUT2D eigenvalue weighted by Crippen LogP contribution is 2.25. The van der Waals surface area contributed by atoms with Crippen LogP contribution < -0.4 is 5.32 Å². The van der Waals surface area contributed by atoms with E-state index in [1.165, 1.54) is 11.3 Å². The van der Waals surface area contributed by atoms with Crippen LogP contribution in [0.4, 0.5) is 0 Å². The molecule has 0 saturated carbocycles. The lowest BCUT2D eigenvalue weighted by Gasteiger charge is -2.22. The van der Waals surface area contributed by atoms with Crippen molar-refractivity contribution in [3.63, 3.8) is 0 Å². The van der Waals surface area contributed by atoms with Crippen molar-refractivity contribution in [2.75, 3.05) is 20.1 Å². The maximum atomic E-state index is 12.5. The van der Waals surface area contributed by atoms with Crippen LogP contribution >= 0.6 is 11.3 Å². The molecule has 0 aliphatic heterocycles. The Hall–Kier alpha value is -0.430. The molecule has 6 heteroatoms. The second-order valence-corrected chi connectivity index (χ2v) is 8.05. The van der Waals surface area contributed by atoms with Crippen LogP contribution in [0.3, 0.4) is 0 Å². The lowest BCUT2D eigenvalue weighted by molar-refractivity contribution is 0.362. The zero-order chi connectivity index (χ0) is 14.5.